The van der Waals surface area contributed by atoms with Gasteiger partial charge in [0.05, 0.1) is 16.7 Å². The molecule has 1 saturated heterocycles. The van der Waals surface area contributed by atoms with Gasteiger partial charge in [-0.3, -0.25) is 4.79 Å². The summed E-state index contributed by atoms with van der Waals surface area (Å²) in [6.45, 7) is 6.30. The average Bonchev–Trinajstić information content (AvgIpc) is 3.80. The Balaban J connectivity index is 1.64. The molecule has 4 atom stereocenters. The quantitative estimate of drug-likeness (QED) is 0.297. The lowest BCUT2D eigenvalue weighted by Crippen LogP contribution is -2.59. The molecule has 1 amide bonds. The van der Waals surface area contributed by atoms with Crippen molar-refractivity contribution in [3.63, 3.8) is 0 Å². The number of piperidine rings is 1. The highest BCUT2D eigenvalue weighted by atomic mass is 35.5. The van der Waals surface area contributed by atoms with Crippen LogP contribution in [0.15, 0.2) is 61.2 Å². The number of sulfonamides is 1. The van der Waals surface area contributed by atoms with Crippen LogP contribution in [0.2, 0.25) is 10.0 Å². The zero-order chi connectivity index (χ0) is 27.1. The molecule has 1 heterocycles. The van der Waals surface area contributed by atoms with Gasteiger partial charge >= 0.3 is 0 Å². The molecule has 2 aliphatic carbocycles. The predicted octanol–water partition coefficient (Wildman–Crippen LogP) is 6.88. The van der Waals surface area contributed by atoms with Gasteiger partial charge in [-0.1, -0.05) is 60.5 Å². The van der Waals surface area contributed by atoms with E-state index < -0.39 is 15.4 Å². The third-order valence-corrected chi connectivity index (χ3v) is 11.1. The highest BCUT2D eigenvalue weighted by Crippen LogP contribution is 2.55. The number of nitrogens with zero attached hydrogens (tertiary/aromatic N) is 1. The van der Waals surface area contributed by atoms with E-state index in [0.717, 1.165) is 24.0 Å². The second kappa shape index (κ2) is 11.0. The highest BCUT2D eigenvalue weighted by molar-refractivity contribution is 7.90. The molecule has 2 aromatic rings. The summed E-state index contributed by atoms with van der Waals surface area (Å²) in [4.78, 5) is 16.7. The molecule has 0 spiro atoms. The summed E-state index contributed by atoms with van der Waals surface area (Å²) in [7, 11) is -3.39. The molecule has 3 fully saturated rings. The maximum atomic E-state index is 14.7. The number of carbonyl (C=O) groups is 1. The maximum Gasteiger partial charge on any atom is 0.229 e. The Morgan fingerprint density at radius 3 is 2.37 bits per heavy atom. The van der Waals surface area contributed by atoms with Gasteiger partial charge in [0.25, 0.3) is 0 Å². The fraction of sp³-hybridized carbons (Fsp3) is 0.500. The van der Waals surface area contributed by atoms with E-state index in [0.29, 0.717) is 42.1 Å². The van der Waals surface area contributed by atoms with Crippen LogP contribution in [-0.4, -0.2) is 37.1 Å². The number of hydrogen-bond donors (Lipinski definition) is 1. The van der Waals surface area contributed by atoms with Crippen LogP contribution in [0, 0.1) is 11.3 Å². The van der Waals surface area contributed by atoms with Gasteiger partial charge in [-0.25, -0.2) is 13.1 Å². The Morgan fingerprint density at radius 2 is 1.79 bits per heavy atom. The van der Waals surface area contributed by atoms with Crippen molar-refractivity contribution in [1.82, 2.24) is 9.62 Å². The predicted molar refractivity (Wildman–Crippen MR) is 154 cm³/mol. The van der Waals surface area contributed by atoms with E-state index >= 15 is 0 Å². The number of likely N-dealkylation sites (tertiary alicyclic amines) is 1. The average molecular weight is 576 g/mol. The standard InChI is InChI=1S/C30H36Cl2N2O3S/c1-3-16-30(4-2)18-26(22-6-5-7-24(32)17-22)28(21-10-12-23(31)13-11-21)34(29(30)35)27(20-8-9-20)19-33-38(36,37)25-14-15-25/h3,5-7,10-13,17,20,25-28,33H,1,4,8-9,14-16,18-19H2,2H3/t26-,27-,28-,30+/m1/s1. The summed E-state index contributed by atoms with van der Waals surface area (Å²) in [6, 6.07) is 15.1. The summed E-state index contributed by atoms with van der Waals surface area (Å²) in [6.07, 6.45) is 7.11. The first-order valence-corrected chi connectivity index (χ1v) is 15.9. The molecule has 0 unspecified atom stereocenters. The number of allylic oxidation sites excluding steroid dienone is 1. The van der Waals surface area contributed by atoms with Gasteiger partial charge in [0.15, 0.2) is 0 Å². The molecule has 1 aliphatic heterocycles. The van der Waals surface area contributed by atoms with E-state index in [1.807, 2.05) is 53.4 Å². The number of hydrogen-bond acceptors (Lipinski definition) is 3. The van der Waals surface area contributed by atoms with E-state index in [1.54, 1.807) is 0 Å². The molecule has 5 rings (SSSR count). The number of nitrogens with one attached hydrogen (secondary N) is 1. The molecule has 5 nitrogen and oxygen atoms in total. The summed E-state index contributed by atoms with van der Waals surface area (Å²) < 4.78 is 28.6. The number of benzene rings is 2. The molecule has 2 saturated carbocycles. The Kier molecular flexibility index (Phi) is 7.99. The Morgan fingerprint density at radius 1 is 1.08 bits per heavy atom. The normalized spacial score (nSPS) is 26.8. The van der Waals surface area contributed by atoms with E-state index in [4.69, 9.17) is 23.2 Å². The smallest absolute Gasteiger partial charge is 0.229 e. The SMILES string of the molecule is C=CC[C@@]1(CC)C[C@H](c2cccc(Cl)c2)[C@@H](c2ccc(Cl)cc2)N([C@H](CNS(=O)(=O)C2CC2)C2CC2)C1=O. The van der Waals surface area contributed by atoms with Gasteiger partial charge in [0.1, 0.15) is 0 Å². The molecule has 8 heteroatoms. The number of carbonyl (C=O) groups excluding carboxylic acids is 1. The first kappa shape index (κ1) is 27.7. The van der Waals surface area contributed by atoms with Gasteiger partial charge in [-0.05, 0) is 86.3 Å². The van der Waals surface area contributed by atoms with E-state index in [-0.39, 0.29) is 41.6 Å². The van der Waals surface area contributed by atoms with Crippen molar-refractivity contribution in [2.75, 3.05) is 6.54 Å². The molecular formula is C30H36Cl2N2O3S. The van der Waals surface area contributed by atoms with Crippen LogP contribution < -0.4 is 4.72 Å². The van der Waals surface area contributed by atoms with Gasteiger partial charge in [-0.2, -0.15) is 0 Å². The minimum atomic E-state index is -3.39. The molecule has 204 valence electrons. The Hall–Kier alpha value is -1.86. The van der Waals surface area contributed by atoms with Crippen molar-refractivity contribution < 1.29 is 13.2 Å². The maximum absolute atomic E-state index is 14.7. The van der Waals surface area contributed by atoms with Crippen LogP contribution >= 0.6 is 23.2 Å². The largest absolute Gasteiger partial charge is 0.330 e. The lowest BCUT2D eigenvalue weighted by molar-refractivity contribution is -0.156. The van der Waals surface area contributed by atoms with Crippen LogP contribution in [0.3, 0.4) is 0 Å². The highest BCUT2D eigenvalue weighted by Gasteiger charge is 2.54. The minimum Gasteiger partial charge on any atom is -0.330 e. The third-order valence-electron chi connectivity index (χ3n) is 8.66. The summed E-state index contributed by atoms with van der Waals surface area (Å²) in [5, 5.41) is 0.982. The molecule has 0 bridgehead atoms. The van der Waals surface area contributed by atoms with Crippen LogP contribution in [0.5, 0.6) is 0 Å². The number of halogens is 2. The third kappa shape index (κ3) is 5.56. The fourth-order valence-electron chi connectivity index (χ4n) is 6.22. The van der Waals surface area contributed by atoms with E-state index in [9.17, 15) is 13.2 Å². The van der Waals surface area contributed by atoms with Crippen LogP contribution in [0.4, 0.5) is 0 Å². The van der Waals surface area contributed by atoms with Crippen molar-refractivity contribution in [1.29, 1.82) is 0 Å². The van der Waals surface area contributed by atoms with Crippen molar-refractivity contribution >= 4 is 39.1 Å². The molecule has 38 heavy (non-hydrogen) atoms. The molecular weight excluding hydrogens is 539 g/mol. The molecule has 0 radical (unpaired) electrons. The van der Waals surface area contributed by atoms with Crippen LogP contribution in [-0.2, 0) is 14.8 Å². The van der Waals surface area contributed by atoms with Crippen molar-refractivity contribution in [3.8, 4) is 0 Å². The Labute approximate surface area is 236 Å². The van der Waals surface area contributed by atoms with Crippen molar-refractivity contribution in [3.05, 3.63) is 82.4 Å². The van der Waals surface area contributed by atoms with Gasteiger partial charge in [0.2, 0.25) is 15.9 Å². The zero-order valence-electron chi connectivity index (χ0n) is 21.8. The fourth-order valence-corrected chi connectivity index (χ4v) is 7.94. The molecule has 0 aromatic heterocycles. The second-order valence-electron chi connectivity index (χ2n) is 11.2. The summed E-state index contributed by atoms with van der Waals surface area (Å²) in [5.74, 6) is 0.307. The Bertz CT molecular complexity index is 1290. The first-order chi connectivity index (χ1) is 18.2. The first-order valence-electron chi connectivity index (χ1n) is 13.6. The lowest BCUT2D eigenvalue weighted by atomic mass is 9.65. The topological polar surface area (TPSA) is 66.5 Å². The van der Waals surface area contributed by atoms with Crippen molar-refractivity contribution in [2.45, 2.75) is 75.1 Å². The van der Waals surface area contributed by atoms with Crippen molar-refractivity contribution in [2.24, 2.45) is 11.3 Å². The summed E-state index contributed by atoms with van der Waals surface area (Å²) in [5.41, 5.74) is 1.44. The second-order valence-corrected chi connectivity index (χ2v) is 14.1. The lowest BCUT2D eigenvalue weighted by Gasteiger charge is -2.53. The minimum absolute atomic E-state index is 0.0336. The van der Waals surface area contributed by atoms with Gasteiger partial charge < -0.3 is 4.90 Å². The molecule has 2 aromatic carbocycles. The zero-order valence-corrected chi connectivity index (χ0v) is 24.1. The molecule has 1 N–H and O–H groups in total. The van der Waals surface area contributed by atoms with Crippen LogP contribution in [0.1, 0.15) is 75.0 Å². The summed E-state index contributed by atoms with van der Waals surface area (Å²) >= 11 is 12.7. The van der Waals surface area contributed by atoms with E-state index in [1.165, 1.54) is 0 Å². The molecule has 3 aliphatic rings. The number of amides is 1. The van der Waals surface area contributed by atoms with Gasteiger partial charge in [0, 0.05) is 28.5 Å². The van der Waals surface area contributed by atoms with Crippen LogP contribution in [0.25, 0.3) is 0 Å². The van der Waals surface area contributed by atoms with Gasteiger partial charge in [-0.15, -0.1) is 6.58 Å². The van der Waals surface area contributed by atoms with E-state index in [2.05, 4.69) is 24.3 Å². The monoisotopic (exact) mass is 574 g/mol. The number of rotatable bonds is 11.